The lowest BCUT2D eigenvalue weighted by molar-refractivity contribution is 0.598. The number of sulfone groups is 1. The molecule has 0 heterocycles. The molecule has 1 aromatic carbocycles. The van der Waals surface area contributed by atoms with Crippen LogP contribution in [0.1, 0.15) is 0 Å². The molecule has 76 valence electrons. The van der Waals surface area contributed by atoms with Crippen molar-refractivity contribution in [1.82, 2.24) is 0 Å². The van der Waals surface area contributed by atoms with Crippen LogP contribution >= 0.6 is 0 Å². The third-order valence-electron chi connectivity index (χ3n) is 2.11. The highest BCUT2D eigenvalue weighted by molar-refractivity contribution is 7.91. The van der Waals surface area contributed by atoms with Crippen LogP contribution in [-0.2, 0) is 9.84 Å². The molecule has 3 heteroatoms. The molecule has 0 saturated carbocycles. The molecule has 0 bridgehead atoms. The summed E-state index contributed by atoms with van der Waals surface area (Å²) < 4.78 is 23.8. The summed E-state index contributed by atoms with van der Waals surface area (Å²) in [4.78, 5) is 0.361. The van der Waals surface area contributed by atoms with Crippen molar-refractivity contribution in [2.24, 2.45) is 0 Å². The number of rotatable bonds is 3. The highest BCUT2D eigenvalue weighted by atomic mass is 32.2. The molecular weight excluding hydrogens is 208 g/mol. The normalized spacial score (nSPS) is 14.3. The third-order valence-corrected chi connectivity index (χ3v) is 3.79. The molecule has 2 rings (SSSR count). The van der Waals surface area contributed by atoms with Gasteiger partial charge in [0.2, 0.25) is 0 Å². The summed E-state index contributed by atoms with van der Waals surface area (Å²) in [5.74, 6) is 0.0179. The Balaban J connectivity index is 2.29. The van der Waals surface area contributed by atoms with Crippen molar-refractivity contribution in [3.05, 3.63) is 59.9 Å². The summed E-state index contributed by atoms with van der Waals surface area (Å²) >= 11 is 0. The van der Waals surface area contributed by atoms with Gasteiger partial charge >= 0.3 is 0 Å². The zero-order chi connectivity index (χ0) is 10.7. The predicted octanol–water partition coefficient (Wildman–Crippen LogP) is 2.11. The average molecular weight is 218 g/mol. The minimum absolute atomic E-state index is 0.0179. The number of hydrogen-bond donors (Lipinski definition) is 0. The summed E-state index contributed by atoms with van der Waals surface area (Å²) in [6.07, 6.45) is 5.27. The lowest BCUT2D eigenvalue weighted by Crippen LogP contribution is -2.07. The Morgan fingerprint density at radius 3 is 2.47 bits per heavy atom. The van der Waals surface area contributed by atoms with Gasteiger partial charge in [0.25, 0.3) is 0 Å². The molecule has 0 atom stereocenters. The second kappa shape index (κ2) is 3.89. The van der Waals surface area contributed by atoms with Crippen molar-refractivity contribution in [2.45, 2.75) is 4.90 Å². The topological polar surface area (TPSA) is 34.1 Å². The second-order valence-electron chi connectivity index (χ2n) is 3.27. The van der Waals surface area contributed by atoms with Gasteiger partial charge in [-0.15, -0.1) is 5.73 Å². The molecule has 0 spiro atoms. The second-order valence-corrected chi connectivity index (χ2v) is 5.26. The number of hydrogen-bond acceptors (Lipinski definition) is 2. The van der Waals surface area contributed by atoms with Gasteiger partial charge in [0.1, 0.15) is 0 Å². The predicted molar refractivity (Wildman–Crippen MR) is 59.2 cm³/mol. The van der Waals surface area contributed by atoms with E-state index in [1.807, 2.05) is 0 Å². The summed E-state index contributed by atoms with van der Waals surface area (Å²) in [6, 6.07) is 8.47. The van der Waals surface area contributed by atoms with E-state index < -0.39 is 9.84 Å². The number of benzene rings is 1. The van der Waals surface area contributed by atoms with Gasteiger partial charge in [-0.25, -0.2) is 8.42 Å². The molecule has 0 saturated heterocycles. The van der Waals surface area contributed by atoms with E-state index in [4.69, 9.17) is 0 Å². The van der Waals surface area contributed by atoms with E-state index in [0.29, 0.717) is 10.5 Å². The van der Waals surface area contributed by atoms with Crippen LogP contribution in [0.5, 0.6) is 0 Å². The van der Waals surface area contributed by atoms with E-state index in [2.05, 4.69) is 5.73 Å². The lowest BCUT2D eigenvalue weighted by Gasteiger charge is -2.02. The highest BCUT2D eigenvalue weighted by Crippen LogP contribution is 2.14. The molecule has 0 N–H and O–H groups in total. The standard InChI is InChI=1S/C12H10O2S/c13-15(14,10-11-6-4-5-7-11)12-8-2-1-3-9-12/h1-6,8-9H,10H2. The van der Waals surface area contributed by atoms with E-state index in [1.165, 1.54) is 0 Å². The molecule has 0 amide bonds. The quantitative estimate of drug-likeness (QED) is 0.728. The van der Waals surface area contributed by atoms with Crippen molar-refractivity contribution >= 4 is 9.84 Å². The largest absolute Gasteiger partial charge is 0.223 e. The van der Waals surface area contributed by atoms with Crippen molar-refractivity contribution in [3.63, 3.8) is 0 Å². The van der Waals surface area contributed by atoms with Gasteiger partial charge in [0.05, 0.1) is 10.6 Å². The van der Waals surface area contributed by atoms with Crippen LogP contribution < -0.4 is 0 Å². The maximum absolute atomic E-state index is 11.9. The minimum atomic E-state index is -3.21. The van der Waals surface area contributed by atoms with Crippen LogP contribution in [0.25, 0.3) is 0 Å². The third kappa shape index (κ3) is 2.27. The van der Waals surface area contributed by atoms with Crippen LogP contribution in [0.2, 0.25) is 0 Å². The van der Waals surface area contributed by atoms with E-state index in [0.717, 1.165) is 0 Å². The van der Waals surface area contributed by atoms with E-state index >= 15 is 0 Å². The molecule has 1 aliphatic rings. The van der Waals surface area contributed by atoms with Crippen LogP contribution in [0.3, 0.4) is 0 Å². The Bertz CT molecular complexity index is 545. The van der Waals surface area contributed by atoms with Gasteiger partial charge in [0, 0.05) is 5.57 Å². The molecular formula is C12H10O2S. The van der Waals surface area contributed by atoms with Gasteiger partial charge in [-0.3, -0.25) is 0 Å². The Morgan fingerprint density at radius 2 is 1.87 bits per heavy atom. The molecule has 0 aromatic heterocycles. The zero-order valence-electron chi connectivity index (χ0n) is 8.05. The summed E-state index contributed by atoms with van der Waals surface area (Å²) in [5, 5.41) is 0. The highest BCUT2D eigenvalue weighted by Gasteiger charge is 2.15. The minimum Gasteiger partial charge on any atom is -0.223 e. The Morgan fingerprint density at radius 1 is 1.13 bits per heavy atom. The Hall–Kier alpha value is -1.57. The fourth-order valence-corrected chi connectivity index (χ4v) is 2.70. The summed E-state index contributed by atoms with van der Waals surface area (Å²) in [5.41, 5.74) is 3.59. The fraction of sp³-hybridized carbons (Fsp3) is 0.0833. The molecule has 0 radical (unpaired) electrons. The van der Waals surface area contributed by atoms with Crippen molar-refractivity contribution in [3.8, 4) is 0 Å². The molecule has 2 nitrogen and oxygen atoms in total. The molecule has 1 aliphatic carbocycles. The van der Waals surface area contributed by atoms with Crippen LogP contribution in [0.15, 0.2) is 64.8 Å². The van der Waals surface area contributed by atoms with E-state index in [9.17, 15) is 8.42 Å². The first kappa shape index (κ1) is 9.97. The van der Waals surface area contributed by atoms with E-state index in [1.54, 1.807) is 48.6 Å². The molecule has 1 aromatic rings. The maximum Gasteiger partial charge on any atom is 0.183 e. The number of allylic oxidation sites excluding steroid dienone is 2. The van der Waals surface area contributed by atoms with Gasteiger partial charge in [-0.2, -0.15) is 0 Å². The Kier molecular flexibility index (Phi) is 2.58. The van der Waals surface area contributed by atoms with Crippen LogP contribution in [0.4, 0.5) is 0 Å². The monoisotopic (exact) mass is 218 g/mol. The Labute approximate surface area is 89.2 Å². The molecule has 0 unspecified atom stereocenters. The molecule has 0 aliphatic heterocycles. The summed E-state index contributed by atoms with van der Waals surface area (Å²) in [7, 11) is -3.21. The average Bonchev–Trinajstić information content (AvgIpc) is 2.71. The first-order chi connectivity index (χ1) is 7.18. The van der Waals surface area contributed by atoms with Crippen molar-refractivity contribution in [1.29, 1.82) is 0 Å². The fourth-order valence-electron chi connectivity index (χ4n) is 1.37. The van der Waals surface area contributed by atoms with Crippen molar-refractivity contribution < 1.29 is 8.42 Å². The van der Waals surface area contributed by atoms with E-state index in [-0.39, 0.29) is 5.75 Å². The maximum atomic E-state index is 11.9. The molecule has 15 heavy (non-hydrogen) atoms. The smallest absolute Gasteiger partial charge is 0.183 e. The van der Waals surface area contributed by atoms with Crippen molar-refractivity contribution in [2.75, 3.05) is 5.75 Å². The lowest BCUT2D eigenvalue weighted by atomic mass is 10.3. The van der Waals surface area contributed by atoms with Gasteiger partial charge in [-0.1, -0.05) is 24.3 Å². The summed E-state index contributed by atoms with van der Waals surface area (Å²) in [6.45, 7) is 0. The first-order valence-corrected chi connectivity index (χ1v) is 6.24. The van der Waals surface area contributed by atoms with Crippen LogP contribution in [-0.4, -0.2) is 14.2 Å². The molecule has 0 fully saturated rings. The first-order valence-electron chi connectivity index (χ1n) is 4.58. The van der Waals surface area contributed by atoms with Crippen LogP contribution in [0, 0.1) is 0 Å². The SMILES string of the molecule is O=S(=O)(CC1=C=CC=C1)c1ccccc1. The van der Waals surface area contributed by atoms with Gasteiger partial charge < -0.3 is 0 Å². The van der Waals surface area contributed by atoms with Gasteiger partial charge in [0.15, 0.2) is 9.84 Å². The van der Waals surface area contributed by atoms with Gasteiger partial charge in [-0.05, 0) is 24.3 Å². The zero-order valence-corrected chi connectivity index (χ0v) is 8.87.